The zero-order valence-electron chi connectivity index (χ0n) is 11.1. The van der Waals surface area contributed by atoms with E-state index in [1.54, 1.807) is 0 Å². The minimum absolute atomic E-state index is 0.366. The molecule has 0 amide bonds. The Hall–Kier alpha value is -0.0800. The number of piperidine rings is 1. The molecule has 2 fully saturated rings. The highest BCUT2D eigenvalue weighted by atomic mass is 15.2. The lowest BCUT2D eigenvalue weighted by Crippen LogP contribution is -2.56. The van der Waals surface area contributed by atoms with E-state index in [0.29, 0.717) is 5.54 Å². The van der Waals surface area contributed by atoms with Gasteiger partial charge in [0.05, 0.1) is 0 Å². The first-order chi connectivity index (χ1) is 7.73. The van der Waals surface area contributed by atoms with Crippen molar-refractivity contribution >= 4 is 0 Å². The predicted octanol–water partition coefficient (Wildman–Crippen LogP) is 2.78. The summed E-state index contributed by atoms with van der Waals surface area (Å²) >= 11 is 0. The molecule has 1 saturated carbocycles. The molecule has 2 rings (SSSR count). The maximum atomic E-state index is 3.52. The topological polar surface area (TPSA) is 15.3 Å². The normalized spacial score (nSPS) is 34.9. The number of nitrogens with one attached hydrogen (secondary N) is 1. The lowest BCUT2D eigenvalue weighted by Gasteiger charge is -2.44. The van der Waals surface area contributed by atoms with Crippen molar-refractivity contribution < 1.29 is 0 Å². The van der Waals surface area contributed by atoms with E-state index in [-0.39, 0.29) is 0 Å². The molecule has 0 aromatic rings. The monoisotopic (exact) mass is 224 g/mol. The van der Waals surface area contributed by atoms with E-state index < -0.39 is 0 Å². The molecule has 0 bridgehead atoms. The Morgan fingerprint density at radius 3 is 2.38 bits per heavy atom. The van der Waals surface area contributed by atoms with E-state index in [9.17, 15) is 0 Å². The highest BCUT2D eigenvalue weighted by molar-refractivity contribution is 4.92. The van der Waals surface area contributed by atoms with Gasteiger partial charge in [0.15, 0.2) is 0 Å². The molecule has 1 atom stereocenters. The van der Waals surface area contributed by atoms with Crippen LogP contribution in [0, 0.1) is 0 Å². The lowest BCUT2D eigenvalue weighted by molar-refractivity contribution is 0.0889. The first-order valence-electron chi connectivity index (χ1n) is 7.16. The van der Waals surface area contributed by atoms with Gasteiger partial charge in [-0.25, -0.2) is 0 Å². The van der Waals surface area contributed by atoms with Crippen LogP contribution in [-0.2, 0) is 0 Å². The van der Waals surface area contributed by atoms with E-state index in [2.05, 4.69) is 24.2 Å². The average molecular weight is 224 g/mol. The van der Waals surface area contributed by atoms with Crippen molar-refractivity contribution in [3.05, 3.63) is 0 Å². The molecular formula is C14H28N2. The smallest absolute Gasteiger partial charge is 0.0278 e. The minimum Gasteiger partial charge on any atom is -0.313 e. The molecule has 2 nitrogen and oxygen atoms in total. The summed E-state index contributed by atoms with van der Waals surface area (Å²) in [5, 5.41) is 3.52. The zero-order valence-corrected chi connectivity index (χ0v) is 11.1. The molecule has 16 heavy (non-hydrogen) atoms. The number of hydrogen-bond acceptors (Lipinski definition) is 2. The first-order valence-corrected chi connectivity index (χ1v) is 7.16. The van der Waals surface area contributed by atoms with E-state index in [0.717, 1.165) is 6.04 Å². The number of nitrogens with zero attached hydrogens (tertiary/aromatic N) is 1. The molecular weight excluding hydrogens is 196 g/mol. The van der Waals surface area contributed by atoms with Crippen LogP contribution in [0.2, 0.25) is 0 Å². The largest absolute Gasteiger partial charge is 0.313 e. The van der Waals surface area contributed by atoms with E-state index >= 15 is 0 Å². The first kappa shape index (κ1) is 12.4. The minimum atomic E-state index is 0.366. The SMILES string of the molecule is CNC1(C)CCCN(C2CCCCCC2)C1. The van der Waals surface area contributed by atoms with E-state index in [4.69, 9.17) is 0 Å². The lowest BCUT2D eigenvalue weighted by atomic mass is 9.89. The molecule has 2 heteroatoms. The van der Waals surface area contributed by atoms with Crippen LogP contribution in [0.4, 0.5) is 0 Å². The molecule has 1 N–H and O–H groups in total. The van der Waals surface area contributed by atoms with Gasteiger partial charge < -0.3 is 5.32 Å². The molecule has 94 valence electrons. The highest BCUT2D eigenvalue weighted by Crippen LogP contribution is 2.27. The summed E-state index contributed by atoms with van der Waals surface area (Å²) in [5.41, 5.74) is 0.366. The summed E-state index contributed by atoms with van der Waals surface area (Å²) in [5.74, 6) is 0. The van der Waals surface area contributed by atoms with Gasteiger partial charge in [-0.1, -0.05) is 25.7 Å². The van der Waals surface area contributed by atoms with E-state index in [1.165, 1.54) is 64.5 Å². The summed E-state index contributed by atoms with van der Waals surface area (Å²) < 4.78 is 0. The van der Waals surface area contributed by atoms with Crippen LogP contribution in [0.3, 0.4) is 0 Å². The molecule has 0 aromatic carbocycles. The second-order valence-electron chi connectivity index (χ2n) is 6.03. The summed E-state index contributed by atoms with van der Waals surface area (Å²) in [6, 6.07) is 0.885. The van der Waals surface area contributed by atoms with Crippen LogP contribution >= 0.6 is 0 Å². The van der Waals surface area contributed by atoms with E-state index in [1.807, 2.05) is 0 Å². The standard InChI is InChI=1S/C14H28N2/c1-14(15-2)10-7-11-16(12-14)13-8-5-3-4-6-9-13/h13,15H,3-12H2,1-2H3. The Morgan fingerprint density at radius 2 is 1.75 bits per heavy atom. The second kappa shape index (κ2) is 5.50. The van der Waals surface area contributed by atoms with Gasteiger partial charge in [0, 0.05) is 18.1 Å². The Kier molecular flexibility index (Phi) is 4.26. The Morgan fingerprint density at radius 1 is 1.06 bits per heavy atom. The Labute approximate surface area is 101 Å². The third-order valence-electron chi connectivity index (χ3n) is 4.67. The van der Waals surface area contributed by atoms with Crippen molar-refractivity contribution in [3.8, 4) is 0 Å². The maximum Gasteiger partial charge on any atom is 0.0278 e. The maximum absolute atomic E-state index is 3.52. The molecule has 1 heterocycles. The summed E-state index contributed by atoms with van der Waals surface area (Å²) in [6.45, 7) is 4.98. The Bertz CT molecular complexity index is 209. The van der Waals surface area contributed by atoms with Gasteiger partial charge in [0.1, 0.15) is 0 Å². The van der Waals surface area contributed by atoms with Crippen molar-refractivity contribution in [2.75, 3.05) is 20.1 Å². The van der Waals surface area contributed by atoms with Gasteiger partial charge in [-0.3, -0.25) is 4.90 Å². The summed E-state index contributed by atoms with van der Waals surface area (Å²) in [7, 11) is 2.12. The summed E-state index contributed by atoms with van der Waals surface area (Å²) in [6.07, 6.45) is 11.4. The third kappa shape index (κ3) is 2.98. The molecule has 1 unspecified atom stereocenters. The predicted molar refractivity (Wildman–Crippen MR) is 69.8 cm³/mol. The average Bonchev–Trinajstić information content (AvgIpc) is 2.58. The van der Waals surface area contributed by atoms with Gasteiger partial charge in [0.25, 0.3) is 0 Å². The Balaban J connectivity index is 1.92. The molecule has 1 aliphatic heterocycles. The van der Waals surface area contributed by atoms with Crippen molar-refractivity contribution in [2.24, 2.45) is 0 Å². The van der Waals surface area contributed by atoms with Gasteiger partial charge in [0.2, 0.25) is 0 Å². The zero-order chi connectivity index (χ0) is 11.4. The van der Waals surface area contributed by atoms with Crippen LogP contribution in [0.1, 0.15) is 58.3 Å². The van der Waals surface area contributed by atoms with Crippen LogP contribution in [0.15, 0.2) is 0 Å². The second-order valence-corrected chi connectivity index (χ2v) is 6.03. The molecule has 1 aliphatic carbocycles. The fourth-order valence-electron chi connectivity index (χ4n) is 3.42. The van der Waals surface area contributed by atoms with Gasteiger partial charge in [-0.15, -0.1) is 0 Å². The quantitative estimate of drug-likeness (QED) is 0.726. The van der Waals surface area contributed by atoms with Gasteiger partial charge in [-0.2, -0.15) is 0 Å². The van der Waals surface area contributed by atoms with Crippen molar-refractivity contribution in [1.82, 2.24) is 10.2 Å². The summed E-state index contributed by atoms with van der Waals surface area (Å²) in [4.78, 5) is 2.77. The van der Waals surface area contributed by atoms with Gasteiger partial charge >= 0.3 is 0 Å². The third-order valence-corrected chi connectivity index (χ3v) is 4.67. The molecule has 0 radical (unpaired) electrons. The number of rotatable bonds is 2. The van der Waals surface area contributed by atoms with Crippen LogP contribution in [-0.4, -0.2) is 36.6 Å². The van der Waals surface area contributed by atoms with Crippen LogP contribution in [0.25, 0.3) is 0 Å². The number of likely N-dealkylation sites (tertiary alicyclic amines) is 1. The molecule has 0 aromatic heterocycles. The fraction of sp³-hybridized carbons (Fsp3) is 1.00. The highest BCUT2D eigenvalue weighted by Gasteiger charge is 2.32. The van der Waals surface area contributed by atoms with Crippen LogP contribution < -0.4 is 5.32 Å². The molecule has 0 spiro atoms. The number of hydrogen-bond donors (Lipinski definition) is 1. The number of likely N-dealkylation sites (N-methyl/N-ethyl adjacent to an activating group) is 1. The molecule has 2 aliphatic rings. The van der Waals surface area contributed by atoms with Crippen molar-refractivity contribution in [2.45, 2.75) is 69.9 Å². The van der Waals surface area contributed by atoms with Gasteiger partial charge in [-0.05, 0) is 46.2 Å². The van der Waals surface area contributed by atoms with Crippen LogP contribution in [0.5, 0.6) is 0 Å². The van der Waals surface area contributed by atoms with Crippen molar-refractivity contribution in [3.63, 3.8) is 0 Å². The fourth-order valence-corrected chi connectivity index (χ4v) is 3.42. The van der Waals surface area contributed by atoms with Crippen molar-refractivity contribution in [1.29, 1.82) is 0 Å². The molecule has 1 saturated heterocycles.